The molecule has 1 aliphatic rings. The standard InChI is InChI=1S/C13H22O/c1-3-4-5-6-7-11(2)12-8-9-13(14)10-12/h8,13-14H,2-7,9-10H2,1H3. The lowest BCUT2D eigenvalue weighted by Crippen LogP contribution is -1.99. The average molecular weight is 194 g/mol. The van der Waals surface area contributed by atoms with Gasteiger partial charge >= 0.3 is 0 Å². The van der Waals surface area contributed by atoms with Gasteiger partial charge in [0.15, 0.2) is 0 Å². The normalized spacial score (nSPS) is 21.0. The molecule has 1 heteroatoms. The molecule has 0 bridgehead atoms. The molecule has 0 radical (unpaired) electrons. The molecule has 0 saturated heterocycles. The second kappa shape index (κ2) is 6.02. The van der Waals surface area contributed by atoms with Gasteiger partial charge in [-0.2, -0.15) is 0 Å². The first-order chi connectivity index (χ1) is 6.74. The van der Waals surface area contributed by atoms with Crippen LogP contribution in [0.3, 0.4) is 0 Å². The highest BCUT2D eigenvalue weighted by Gasteiger charge is 2.15. The predicted octanol–water partition coefficient (Wildman–Crippen LogP) is 3.59. The summed E-state index contributed by atoms with van der Waals surface area (Å²) in [6, 6.07) is 0. The first kappa shape index (κ1) is 11.5. The SMILES string of the molecule is C=C(CCCCCC)C1=CCC(O)C1. The summed E-state index contributed by atoms with van der Waals surface area (Å²) in [5.74, 6) is 0. The first-order valence-corrected chi connectivity index (χ1v) is 5.79. The van der Waals surface area contributed by atoms with E-state index in [4.69, 9.17) is 0 Å². The van der Waals surface area contributed by atoms with Crippen molar-refractivity contribution in [3.05, 3.63) is 23.8 Å². The Kier molecular flexibility index (Phi) is 4.95. The highest BCUT2D eigenvalue weighted by molar-refractivity contribution is 5.31. The third-order valence-electron chi connectivity index (χ3n) is 2.88. The Hall–Kier alpha value is -0.560. The van der Waals surface area contributed by atoms with Crippen LogP contribution in [0.25, 0.3) is 0 Å². The highest BCUT2D eigenvalue weighted by atomic mass is 16.3. The Morgan fingerprint density at radius 2 is 2.29 bits per heavy atom. The van der Waals surface area contributed by atoms with Crippen molar-refractivity contribution < 1.29 is 5.11 Å². The number of rotatable bonds is 6. The molecule has 0 aromatic heterocycles. The lowest BCUT2D eigenvalue weighted by Gasteiger charge is -2.07. The maximum Gasteiger partial charge on any atom is 0.0615 e. The largest absolute Gasteiger partial charge is 0.392 e. The van der Waals surface area contributed by atoms with Crippen LogP contribution in [0.4, 0.5) is 0 Å². The molecule has 0 saturated carbocycles. The van der Waals surface area contributed by atoms with Gasteiger partial charge in [0.25, 0.3) is 0 Å². The summed E-state index contributed by atoms with van der Waals surface area (Å²) in [4.78, 5) is 0. The molecular weight excluding hydrogens is 172 g/mol. The Balaban J connectivity index is 2.16. The number of hydrogen-bond acceptors (Lipinski definition) is 1. The van der Waals surface area contributed by atoms with E-state index in [0.717, 1.165) is 19.3 Å². The van der Waals surface area contributed by atoms with Gasteiger partial charge in [0.1, 0.15) is 0 Å². The molecule has 1 nitrogen and oxygen atoms in total. The van der Waals surface area contributed by atoms with Gasteiger partial charge in [-0.05, 0) is 31.3 Å². The minimum atomic E-state index is -0.141. The quantitative estimate of drug-likeness (QED) is 0.641. The fourth-order valence-electron chi connectivity index (χ4n) is 1.91. The van der Waals surface area contributed by atoms with Crippen LogP contribution < -0.4 is 0 Å². The fraction of sp³-hybridized carbons (Fsp3) is 0.692. The van der Waals surface area contributed by atoms with Gasteiger partial charge in [-0.15, -0.1) is 0 Å². The summed E-state index contributed by atoms with van der Waals surface area (Å²) in [5, 5.41) is 9.36. The Bertz CT molecular complexity index is 215. The number of aliphatic hydroxyl groups excluding tert-OH is 1. The molecule has 0 aliphatic heterocycles. The zero-order valence-electron chi connectivity index (χ0n) is 9.26. The molecule has 0 spiro atoms. The van der Waals surface area contributed by atoms with Crippen LogP contribution in [-0.2, 0) is 0 Å². The summed E-state index contributed by atoms with van der Waals surface area (Å²) in [6.45, 7) is 6.32. The van der Waals surface area contributed by atoms with Crippen molar-refractivity contribution in [2.75, 3.05) is 0 Å². The molecule has 1 atom stereocenters. The van der Waals surface area contributed by atoms with E-state index < -0.39 is 0 Å². The molecule has 0 aromatic rings. The van der Waals surface area contributed by atoms with E-state index in [2.05, 4.69) is 19.6 Å². The van der Waals surface area contributed by atoms with Crippen LogP contribution in [0.1, 0.15) is 51.9 Å². The minimum Gasteiger partial charge on any atom is -0.392 e. The second-order valence-electron chi connectivity index (χ2n) is 4.24. The predicted molar refractivity (Wildman–Crippen MR) is 61.2 cm³/mol. The molecule has 0 amide bonds. The van der Waals surface area contributed by atoms with E-state index in [0.29, 0.717) is 0 Å². The third-order valence-corrected chi connectivity index (χ3v) is 2.88. The molecule has 0 heterocycles. The number of unbranched alkanes of at least 4 members (excludes halogenated alkanes) is 3. The number of aliphatic hydroxyl groups is 1. The lowest BCUT2D eigenvalue weighted by molar-refractivity contribution is 0.188. The van der Waals surface area contributed by atoms with Crippen LogP contribution >= 0.6 is 0 Å². The molecule has 1 rings (SSSR count). The van der Waals surface area contributed by atoms with Crippen LogP contribution in [0, 0.1) is 0 Å². The molecular formula is C13H22O. The van der Waals surface area contributed by atoms with Crippen molar-refractivity contribution >= 4 is 0 Å². The third kappa shape index (κ3) is 3.67. The van der Waals surface area contributed by atoms with Gasteiger partial charge in [-0.3, -0.25) is 0 Å². The van der Waals surface area contributed by atoms with E-state index in [1.807, 2.05) is 0 Å². The maximum absolute atomic E-state index is 9.36. The van der Waals surface area contributed by atoms with Gasteiger partial charge in [0.2, 0.25) is 0 Å². The average Bonchev–Trinajstić information content (AvgIpc) is 2.59. The van der Waals surface area contributed by atoms with Gasteiger partial charge in [0.05, 0.1) is 6.10 Å². The van der Waals surface area contributed by atoms with Crippen molar-refractivity contribution in [2.45, 2.75) is 58.0 Å². The van der Waals surface area contributed by atoms with E-state index in [1.54, 1.807) is 0 Å². The van der Waals surface area contributed by atoms with E-state index in [9.17, 15) is 5.11 Å². The summed E-state index contributed by atoms with van der Waals surface area (Å²) in [7, 11) is 0. The van der Waals surface area contributed by atoms with Crippen LogP contribution in [0.2, 0.25) is 0 Å². The topological polar surface area (TPSA) is 20.2 Å². The number of allylic oxidation sites excluding steroid dienone is 1. The van der Waals surface area contributed by atoms with Gasteiger partial charge < -0.3 is 5.11 Å². The molecule has 14 heavy (non-hydrogen) atoms. The van der Waals surface area contributed by atoms with Crippen molar-refractivity contribution in [3.63, 3.8) is 0 Å². The monoisotopic (exact) mass is 194 g/mol. The maximum atomic E-state index is 9.36. The summed E-state index contributed by atoms with van der Waals surface area (Å²) in [5.41, 5.74) is 2.55. The Morgan fingerprint density at radius 1 is 1.50 bits per heavy atom. The smallest absolute Gasteiger partial charge is 0.0615 e. The molecule has 1 N–H and O–H groups in total. The van der Waals surface area contributed by atoms with E-state index >= 15 is 0 Å². The summed E-state index contributed by atoms with van der Waals surface area (Å²) in [6.07, 6.45) is 9.94. The van der Waals surface area contributed by atoms with Crippen LogP contribution in [-0.4, -0.2) is 11.2 Å². The van der Waals surface area contributed by atoms with Crippen molar-refractivity contribution in [3.8, 4) is 0 Å². The van der Waals surface area contributed by atoms with Crippen LogP contribution in [0.15, 0.2) is 23.8 Å². The van der Waals surface area contributed by atoms with Crippen molar-refractivity contribution in [1.82, 2.24) is 0 Å². The van der Waals surface area contributed by atoms with Crippen molar-refractivity contribution in [1.29, 1.82) is 0 Å². The Morgan fingerprint density at radius 3 is 2.86 bits per heavy atom. The summed E-state index contributed by atoms with van der Waals surface area (Å²) >= 11 is 0. The first-order valence-electron chi connectivity index (χ1n) is 5.79. The van der Waals surface area contributed by atoms with Gasteiger partial charge in [-0.1, -0.05) is 44.4 Å². The fourth-order valence-corrected chi connectivity index (χ4v) is 1.91. The van der Waals surface area contributed by atoms with Gasteiger partial charge in [-0.25, -0.2) is 0 Å². The van der Waals surface area contributed by atoms with Gasteiger partial charge in [0, 0.05) is 0 Å². The molecule has 0 aromatic carbocycles. The second-order valence-corrected chi connectivity index (χ2v) is 4.24. The number of hydrogen-bond donors (Lipinski definition) is 1. The highest BCUT2D eigenvalue weighted by Crippen LogP contribution is 2.27. The summed E-state index contributed by atoms with van der Waals surface area (Å²) < 4.78 is 0. The molecule has 1 unspecified atom stereocenters. The molecule has 1 aliphatic carbocycles. The zero-order valence-corrected chi connectivity index (χ0v) is 9.26. The van der Waals surface area contributed by atoms with E-state index in [1.165, 1.54) is 36.8 Å². The lowest BCUT2D eigenvalue weighted by atomic mass is 10.0. The zero-order chi connectivity index (χ0) is 10.4. The van der Waals surface area contributed by atoms with Crippen molar-refractivity contribution in [2.24, 2.45) is 0 Å². The van der Waals surface area contributed by atoms with Crippen LogP contribution in [0.5, 0.6) is 0 Å². The molecule has 0 fully saturated rings. The molecule has 80 valence electrons. The minimum absolute atomic E-state index is 0.141. The Labute approximate surface area is 87.5 Å². The van der Waals surface area contributed by atoms with E-state index in [-0.39, 0.29) is 6.10 Å².